The Bertz CT molecular complexity index is 1440. The highest BCUT2D eigenvalue weighted by Crippen LogP contribution is 2.40. The number of benzene rings is 4. The summed E-state index contributed by atoms with van der Waals surface area (Å²) in [6.07, 6.45) is 0. The second-order valence-electron chi connectivity index (χ2n) is 6.85. The van der Waals surface area contributed by atoms with Crippen molar-refractivity contribution in [1.82, 2.24) is 9.15 Å². The van der Waals surface area contributed by atoms with Crippen LogP contribution in [0.3, 0.4) is 0 Å². The summed E-state index contributed by atoms with van der Waals surface area (Å²) in [6, 6.07) is 36.6. The minimum atomic E-state index is 0.876. The van der Waals surface area contributed by atoms with Gasteiger partial charge in [-0.1, -0.05) is 54.6 Å². The van der Waals surface area contributed by atoms with Gasteiger partial charge in [0.05, 0.1) is 0 Å². The Morgan fingerprint density at radius 3 is 2.04 bits per heavy atom. The van der Waals surface area contributed by atoms with E-state index < -0.39 is 0 Å². The Morgan fingerprint density at radius 2 is 1.18 bits per heavy atom. The van der Waals surface area contributed by atoms with E-state index in [1.165, 1.54) is 0 Å². The van der Waals surface area contributed by atoms with E-state index in [0.29, 0.717) is 0 Å². The van der Waals surface area contributed by atoms with Crippen molar-refractivity contribution in [2.75, 3.05) is 0 Å². The maximum Gasteiger partial charge on any atom is 0.503 e. The van der Waals surface area contributed by atoms with E-state index in [-0.39, 0.29) is 0 Å². The van der Waals surface area contributed by atoms with E-state index in [1.54, 1.807) is 0 Å². The van der Waals surface area contributed by atoms with Crippen molar-refractivity contribution in [3.63, 3.8) is 0 Å². The predicted octanol–water partition coefficient (Wildman–Crippen LogP) is 6.44. The number of hydrogen-bond acceptors (Lipinski definition) is 1. The average molecular weight is 360 g/mol. The van der Waals surface area contributed by atoms with Gasteiger partial charge in [-0.2, -0.15) is 0 Å². The standard InChI is InChI=1S/C25H16N2O/c1-2-9-18(10-3-1)26-17-27(22-14-6-5-13-21(22)26)23-15-8-12-20-19-11-4-7-16-24(19)28-25(20)23/h1-16H/q+2. The molecule has 5 aromatic rings. The first-order valence-electron chi connectivity index (χ1n) is 9.31. The third-order valence-corrected chi connectivity index (χ3v) is 5.20. The first kappa shape index (κ1) is 15.2. The van der Waals surface area contributed by atoms with Crippen molar-refractivity contribution in [3.05, 3.63) is 97.1 Å². The van der Waals surface area contributed by atoms with E-state index in [1.807, 2.05) is 36.4 Å². The molecule has 0 saturated carbocycles. The van der Waals surface area contributed by atoms with Gasteiger partial charge in [-0.25, -0.2) is 0 Å². The quantitative estimate of drug-likeness (QED) is 0.325. The van der Waals surface area contributed by atoms with Gasteiger partial charge >= 0.3 is 6.01 Å². The first-order chi connectivity index (χ1) is 13.9. The maximum absolute atomic E-state index is 6.25. The van der Waals surface area contributed by atoms with Crippen LogP contribution in [0.25, 0.3) is 21.9 Å². The van der Waals surface area contributed by atoms with Gasteiger partial charge in [0.1, 0.15) is 5.58 Å². The van der Waals surface area contributed by atoms with Gasteiger partial charge in [0.2, 0.25) is 11.3 Å². The first-order valence-corrected chi connectivity index (χ1v) is 9.31. The Labute approximate surface area is 161 Å². The molecule has 0 atom stereocenters. The lowest BCUT2D eigenvalue weighted by molar-refractivity contribution is 0.667. The molecule has 0 spiro atoms. The minimum absolute atomic E-state index is 0.876. The van der Waals surface area contributed by atoms with Gasteiger partial charge in [0.15, 0.2) is 0 Å². The number of nitrogens with zero attached hydrogens (tertiary/aromatic N) is 2. The molecular weight excluding hydrogens is 344 g/mol. The van der Waals surface area contributed by atoms with Crippen LogP contribution < -0.4 is 9.15 Å². The molecule has 0 fully saturated rings. The second kappa shape index (κ2) is 5.78. The van der Waals surface area contributed by atoms with Gasteiger partial charge < -0.3 is 4.42 Å². The Kier molecular flexibility index (Phi) is 3.13. The predicted molar refractivity (Wildman–Crippen MR) is 115 cm³/mol. The fourth-order valence-corrected chi connectivity index (χ4v) is 3.92. The highest BCUT2D eigenvalue weighted by atomic mass is 16.3. The van der Waals surface area contributed by atoms with Crippen molar-refractivity contribution in [1.29, 1.82) is 0 Å². The fourth-order valence-electron chi connectivity index (χ4n) is 3.92. The normalized spacial score (nSPS) is 12.9. The van der Waals surface area contributed by atoms with E-state index >= 15 is 0 Å². The molecule has 2 heterocycles. The topological polar surface area (TPSA) is 19.2 Å². The fraction of sp³-hybridized carbons (Fsp3) is 0. The second-order valence-corrected chi connectivity index (χ2v) is 6.85. The summed E-state index contributed by atoms with van der Waals surface area (Å²) in [5.74, 6) is 0. The summed E-state index contributed by atoms with van der Waals surface area (Å²) in [4.78, 5) is 0. The molecule has 4 aromatic carbocycles. The summed E-state index contributed by atoms with van der Waals surface area (Å²) >= 11 is 0. The molecule has 1 aliphatic heterocycles. The van der Waals surface area contributed by atoms with Crippen LogP contribution in [0.2, 0.25) is 0 Å². The summed E-state index contributed by atoms with van der Waals surface area (Å²) in [5.41, 5.74) is 6.02. The molecule has 1 aromatic heterocycles. The SMILES string of the molecule is C1=[N+](c2ccccc2)c2ccccc2[N+]=1c1cccc2c1oc1ccccc12. The Balaban J connectivity index is 1.69. The largest absolute Gasteiger partial charge is 0.503 e. The minimum Gasteiger partial charge on any atom is -0.449 e. The zero-order chi connectivity index (χ0) is 18.5. The van der Waals surface area contributed by atoms with Crippen LogP contribution in [0.5, 0.6) is 0 Å². The maximum atomic E-state index is 6.25. The molecule has 0 unspecified atom stereocenters. The molecule has 0 radical (unpaired) electrons. The summed E-state index contributed by atoms with van der Waals surface area (Å²) in [7, 11) is 0. The zero-order valence-electron chi connectivity index (χ0n) is 15.0. The van der Waals surface area contributed by atoms with Crippen molar-refractivity contribution in [3.8, 4) is 0 Å². The number of para-hydroxylation sites is 5. The lowest BCUT2D eigenvalue weighted by Gasteiger charge is -1.96. The van der Waals surface area contributed by atoms with Crippen molar-refractivity contribution in [2.24, 2.45) is 0 Å². The van der Waals surface area contributed by atoms with Crippen LogP contribution in [0, 0.1) is 0 Å². The lowest BCUT2D eigenvalue weighted by Crippen LogP contribution is -2.00. The summed E-state index contributed by atoms with van der Waals surface area (Å²) in [6.45, 7) is 0. The zero-order valence-corrected chi connectivity index (χ0v) is 15.0. The van der Waals surface area contributed by atoms with E-state index in [2.05, 4.69) is 75.8 Å². The lowest BCUT2D eigenvalue weighted by atomic mass is 10.1. The summed E-state index contributed by atoms with van der Waals surface area (Å²) in [5, 5.41) is 2.25. The third kappa shape index (κ3) is 2.11. The molecule has 0 saturated heterocycles. The molecular formula is C25H16N2O+2. The third-order valence-electron chi connectivity index (χ3n) is 5.20. The number of hydrogen-bond donors (Lipinski definition) is 0. The molecule has 130 valence electrons. The molecule has 0 amide bonds. The monoisotopic (exact) mass is 360 g/mol. The van der Waals surface area contributed by atoms with Crippen LogP contribution in [0.4, 0.5) is 22.7 Å². The molecule has 0 N–H and O–H groups in total. The van der Waals surface area contributed by atoms with Crippen LogP contribution in [0.1, 0.15) is 0 Å². The molecule has 3 heteroatoms. The van der Waals surface area contributed by atoms with Gasteiger partial charge in [-0.15, -0.1) is 0 Å². The number of fused-ring (bicyclic) bond motifs is 4. The van der Waals surface area contributed by atoms with Gasteiger partial charge in [-0.3, -0.25) is 0 Å². The van der Waals surface area contributed by atoms with Crippen LogP contribution >= 0.6 is 0 Å². The molecule has 0 aliphatic carbocycles. The molecule has 3 nitrogen and oxygen atoms in total. The average Bonchev–Trinajstić information content (AvgIpc) is 3.33. The highest BCUT2D eigenvalue weighted by Gasteiger charge is 2.37. The van der Waals surface area contributed by atoms with Crippen molar-refractivity contribution >= 4 is 50.7 Å². The highest BCUT2D eigenvalue weighted by molar-refractivity contribution is 6.09. The number of rotatable bonds is 2. The van der Waals surface area contributed by atoms with Crippen LogP contribution in [-0.4, -0.2) is 6.01 Å². The van der Waals surface area contributed by atoms with E-state index in [4.69, 9.17) is 4.42 Å². The number of furan rings is 1. The smallest absolute Gasteiger partial charge is 0.449 e. The van der Waals surface area contributed by atoms with Crippen molar-refractivity contribution < 1.29 is 4.42 Å². The Morgan fingerprint density at radius 1 is 0.536 bits per heavy atom. The van der Waals surface area contributed by atoms with Gasteiger partial charge in [0, 0.05) is 41.1 Å². The molecule has 6 rings (SSSR count). The van der Waals surface area contributed by atoms with Crippen LogP contribution in [0.15, 0.2) is 101 Å². The molecule has 0 bridgehead atoms. The Hall–Kier alpha value is -3.94. The van der Waals surface area contributed by atoms with Crippen LogP contribution in [-0.2, 0) is 0 Å². The molecule has 28 heavy (non-hydrogen) atoms. The van der Waals surface area contributed by atoms with E-state index in [9.17, 15) is 0 Å². The van der Waals surface area contributed by atoms with Gasteiger partial charge in [-0.05, 0) is 21.3 Å². The molecule has 1 aliphatic rings. The summed E-state index contributed by atoms with van der Waals surface area (Å²) < 4.78 is 10.4. The van der Waals surface area contributed by atoms with Gasteiger partial charge in [0.25, 0.3) is 17.1 Å². The van der Waals surface area contributed by atoms with Crippen molar-refractivity contribution in [2.45, 2.75) is 0 Å². The van der Waals surface area contributed by atoms with E-state index in [0.717, 1.165) is 44.7 Å².